The molecule has 240 valence electrons. The van der Waals surface area contributed by atoms with E-state index in [1.54, 1.807) is 23.8 Å². The molecule has 1 saturated heterocycles. The molecule has 7 atom stereocenters. The van der Waals surface area contributed by atoms with Gasteiger partial charge >= 0.3 is 13.6 Å². The summed E-state index contributed by atoms with van der Waals surface area (Å²) in [5, 5.41) is -0.588. The number of hydrogen-bond donors (Lipinski definition) is 6. The van der Waals surface area contributed by atoms with Gasteiger partial charge in [0.2, 0.25) is 5.95 Å². The summed E-state index contributed by atoms with van der Waals surface area (Å²) in [5.74, 6) is 0.127. The highest BCUT2D eigenvalue weighted by atomic mass is 32.7. The van der Waals surface area contributed by atoms with E-state index in [1.807, 2.05) is 0 Å². The number of aromatic amines is 1. The number of nitrogen functional groups attached to an aromatic ring is 2. The van der Waals surface area contributed by atoms with E-state index in [0.717, 1.165) is 0 Å². The Labute approximate surface area is 263 Å². The normalized spacial score (nSPS) is 23.1. The van der Waals surface area contributed by atoms with Gasteiger partial charge in [-0.2, -0.15) is 4.98 Å². The van der Waals surface area contributed by atoms with Crippen LogP contribution in [0.2, 0.25) is 0 Å². The first-order valence-corrected chi connectivity index (χ1v) is 19.1. The number of hydrogen-bond acceptors (Lipinski definition) is 14. The maximum absolute atomic E-state index is 14.0. The molecule has 1 fully saturated rings. The number of alkyl halides is 1. The first kappa shape index (κ1) is 33.2. The number of rotatable bonds is 13. The summed E-state index contributed by atoms with van der Waals surface area (Å²) in [6, 6.07) is 1.70. The molecule has 0 radical (unpaired) electrons. The molecule has 17 nitrogen and oxygen atoms in total. The molecule has 0 amide bonds. The van der Waals surface area contributed by atoms with Gasteiger partial charge in [0.1, 0.15) is 42.2 Å². The Balaban J connectivity index is 1.29. The molecule has 2 unspecified atom stereocenters. The first-order valence-electron chi connectivity index (χ1n) is 12.8. The molecule has 1 aliphatic heterocycles. The van der Waals surface area contributed by atoms with Gasteiger partial charge in [0.05, 0.1) is 31.0 Å². The predicted molar refractivity (Wildman–Crippen MR) is 167 cm³/mol. The van der Waals surface area contributed by atoms with Gasteiger partial charge < -0.3 is 25.7 Å². The highest BCUT2D eigenvalue weighted by molar-refractivity contribution is 8.44. The second-order valence-electron chi connectivity index (χ2n) is 9.59. The van der Waals surface area contributed by atoms with Crippen LogP contribution in [-0.4, -0.2) is 76.3 Å². The van der Waals surface area contributed by atoms with E-state index >= 15 is 0 Å². The van der Waals surface area contributed by atoms with Crippen molar-refractivity contribution < 1.29 is 36.7 Å². The summed E-state index contributed by atoms with van der Waals surface area (Å²) in [7, 11) is 0. The van der Waals surface area contributed by atoms with Gasteiger partial charge in [-0.1, -0.05) is 24.5 Å². The number of nitrogens with zero attached hydrogens (tertiary/aromatic N) is 6. The van der Waals surface area contributed by atoms with Crippen LogP contribution >= 0.6 is 49.9 Å². The molecular weight excluding hydrogens is 683 g/mol. The monoisotopic (exact) mass is 711 g/mol. The van der Waals surface area contributed by atoms with Crippen molar-refractivity contribution in [3.8, 4) is 0 Å². The van der Waals surface area contributed by atoms with Crippen LogP contribution in [-0.2, 0) is 27.4 Å². The molecule has 4 aromatic heterocycles. The molecule has 0 aliphatic carbocycles. The molecule has 1 aliphatic rings. The number of aromatic nitrogens is 7. The lowest BCUT2D eigenvalue weighted by Gasteiger charge is -2.25. The molecule has 0 saturated carbocycles. The van der Waals surface area contributed by atoms with E-state index in [4.69, 9.17) is 29.8 Å². The molecular formula is C21H28FN9O8P2S3. The molecule has 44 heavy (non-hydrogen) atoms. The SMILES string of the molecule is C[C@@H](O[C@@H](CF)COP(=O)(S)O[C@@H]1C[C@@H](COP(=O)(O)S)S[C@H]1n1cnc2c(=O)[nH]c(N)nc21)n1ccc2c(N)ncnc21. The maximum Gasteiger partial charge on any atom is 0.386 e. The van der Waals surface area contributed by atoms with Crippen molar-refractivity contribution in [2.75, 3.05) is 31.4 Å². The average Bonchev–Trinajstić information content (AvgIpc) is 3.66. The van der Waals surface area contributed by atoms with Gasteiger partial charge in [0.25, 0.3) is 5.56 Å². The lowest BCUT2D eigenvalue weighted by atomic mass is 10.2. The molecule has 4 aromatic rings. The van der Waals surface area contributed by atoms with Crippen molar-refractivity contribution >= 4 is 83.8 Å². The summed E-state index contributed by atoms with van der Waals surface area (Å²) in [6.45, 7) is -8.28. The molecule has 0 bridgehead atoms. The van der Waals surface area contributed by atoms with Gasteiger partial charge in [0.15, 0.2) is 11.2 Å². The van der Waals surface area contributed by atoms with E-state index < -0.39 is 61.5 Å². The van der Waals surface area contributed by atoms with Crippen LogP contribution in [0.5, 0.6) is 0 Å². The molecule has 6 N–H and O–H groups in total. The van der Waals surface area contributed by atoms with Gasteiger partial charge in [-0.05, 0) is 19.4 Å². The Bertz CT molecular complexity index is 1810. The van der Waals surface area contributed by atoms with Gasteiger partial charge in [-0.15, -0.1) is 11.8 Å². The number of thioether (sulfide) groups is 1. The van der Waals surface area contributed by atoms with Crippen molar-refractivity contribution in [2.45, 2.75) is 42.4 Å². The van der Waals surface area contributed by atoms with Crippen molar-refractivity contribution in [3.63, 3.8) is 0 Å². The lowest BCUT2D eigenvalue weighted by molar-refractivity contribution is -0.0694. The summed E-state index contributed by atoms with van der Waals surface area (Å²) >= 11 is 8.85. The minimum Gasteiger partial charge on any atom is -0.383 e. The zero-order valence-corrected chi connectivity index (χ0v) is 27.1. The number of thiol groups is 2. The predicted octanol–water partition coefficient (Wildman–Crippen LogP) is 3.09. The van der Waals surface area contributed by atoms with Gasteiger partial charge in [-0.25, -0.2) is 28.5 Å². The highest BCUT2D eigenvalue weighted by Gasteiger charge is 2.42. The second kappa shape index (κ2) is 13.3. The standard InChI is InChI=1S/C21H28FN9O8P2S3/c1-10(30-3-2-13-16(23)25-8-26-17(13)30)38-11(5-22)6-37-41(35,43)39-14-4-12(7-36-40(33,34)42)44-20(14)31-9-27-15-18(31)28-21(24)29-19(15)32/h2-3,8-12,14,20H,4-7H2,1H3,(H,35,43)(H2,23,25,26)(H2,33,34,42)(H3,24,28,29,32)/t10-,11+,12+,14-,20-,41?/m1/s1. The van der Waals surface area contributed by atoms with Gasteiger partial charge in [0, 0.05) is 11.4 Å². The Kier molecular flexibility index (Phi) is 10.0. The van der Waals surface area contributed by atoms with Crippen LogP contribution in [0.25, 0.3) is 22.2 Å². The highest BCUT2D eigenvalue weighted by Crippen LogP contribution is 2.59. The largest absolute Gasteiger partial charge is 0.386 e. The van der Waals surface area contributed by atoms with E-state index in [1.165, 1.54) is 29.0 Å². The first-order chi connectivity index (χ1) is 20.7. The number of imidazole rings is 1. The summed E-state index contributed by atoms with van der Waals surface area (Å²) in [4.78, 5) is 40.5. The average molecular weight is 712 g/mol. The Morgan fingerprint density at radius 2 is 2.02 bits per heavy atom. The quantitative estimate of drug-likeness (QED) is 0.0863. The number of ether oxygens (including phenoxy) is 1. The number of halogens is 1. The number of nitrogens with one attached hydrogen (secondary N) is 1. The van der Waals surface area contributed by atoms with Crippen molar-refractivity contribution in [1.82, 2.24) is 34.1 Å². The molecule has 0 aromatic carbocycles. The van der Waals surface area contributed by atoms with E-state index in [0.29, 0.717) is 11.0 Å². The third kappa shape index (κ3) is 7.60. The van der Waals surface area contributed by atoms with Crippen molar-refractivity contribution in [1.29, 1.82) is 0 Å². The number of H-pyrrole nitrogens is 1. The van der Waals surface area contributed by atoms with Crippen LogP contribution in [0, 0.1) is 0 Å². The Hall–Kier alpha value is -2.19. The number of fused-ring (bicyclic) bond motifs is 2. The van der Waals surface area contributed by atoms with E-state index in [2.05, 4.69) is 49.4 Å². The minimum absolute atomic E-state index is 0.000417. The third-order valence-corrected chi connectivity index (χ3v) is 10.5. The molecule has 5 heterocycles. The summed E-state index contributed by atoms with van der Waals surface area (Å²) in [5.41, 5.74) is 11.6. The Morgan fingerprint density at radius 3 is 2.75 bits per heavy atom. The smallest absolute Gasteiger partial charge is 0.383 e. The molecule has 5 rings (SSSR count). The van der Waals surface area contributed by atoms with Gasteiger partial charge in [-0.3, -0.25) is 27.9 Å². The van der Waals surface area contributed by atoms with Crippen molar-refractivity contribution in [2.24, 2.45) is 0 Å². The lowest BCUT2D eigenvalue weighted by Crippen LogP contribution is -2.26. The molecule has 23 heteroatoms. The summed E-state index contributed by atoms with van der Waals surface area (Å²) in [6.07, 6.45) is 1.64. The van der Waals surface area contributed by atoms with Crippen LogP contribution < -0.4 is 17.0 Å². The van der Waals surface area contributed by atoms with Crippen LogP contribution in [0.4, 0.5) is 16.2 Å². The fraction of sp³-hybridized carbons (Fsp3) is 0.476. The second-order valence-corrected chi connectivity index (χ2v) is 16.6. The molecule has 0 spiro atoms. The van der Waals surface area contributed by atoms with E-state index in [-0.39, 0.29) is 36.0 Å². The summed E-state index contributed by atoms with van der Waals surface area (Å²) < 4.78 is 64.1. The fourth-order valence-electron chi connectivity index (χ4n) is 4.60. The topological polar surface area (TPSA) is 238 Å². The van der Waals surface area contributed by atoms with Crippen LogP contribution in [0.1, 0.15) is 24.9 Å². The number of nitrogens with two attached hydrogens (primary N) is 2. The zero-order valence-electron chi connectivity index (χ0n) is 22.7. The zero-order chi connectivity index (χ0) is 31.8. The van der Waals surface area contributed by atoms with E-state index in [9.17, 15) is 23.2 Å². The van der Waals surface area contributed by atoms with Crippen LogP contribution in [0.15, 0.2) is 29.7 Å². The minimum atomic E-state index is -4.17. The van der Waals surface area contributed by atoms with Crippen LogP contribution in [0.3, 0.4) is 0 Å². The Morgan fingerprint density at radius 1 is 1.25 bits per heavy atom. The maximum atomic E-state index is 14.0. The van der Waals surface area contributed by atoms with Crippen molar-refractivity contribution in [3.05, 3.63) is 35.3 Å². The fourth-order valence-corrected chi connectivity index (χ4v) is 8.35. The third-order valence-electron chi connectivity index (χ3n) is 6.48. The number of anilines is 2.